The lowest BCUT2D eigenvalue weighted by Crippen LogP contribution is -2.30. The number of thioether (sulfide) groups is 1. The van der Waals surface area contributed by atoms with E-state index in [2.05, 4.69) is 5.32 Å². The first-order valence-corrected chi connectivity index (χ1v) is 3.75. The van der Waals surface area contributed by atoms with Crippen LogP contribution in [0.1, 0.15) is 0 Å². The molecule has 1 radical (unpaired) electrons. The molecule has 1 N–H and O–H groups in total. The van der Waals surface area contributed by atoms with Crippen LogP contribution in [0.5, 0.6) is 0 Å². The molecule has 1 fully saturated rings. The second-order valence-electron chi connectivity index (χ2n) is 1.78. The van der Waals surface area contributed by atoms with Crippen molar-refractivity contribution in [3.63, 3.8) is 0 Å². The Morgan fingerprint density at radius 1 is 1.75 bits per heavy atom. The first kappa shape index (κ1) is 6.11. The van der Waals surface area contributed by atoms with Crippen molar-refractivity contribution in [3.05, 3.63) is 0 Å². The van der Waals surface area contributed by atoms with Crippen molar-refractivity contribution in [3.8, 4) is 0 Å². The van der Waals surface area contributed by atoms with Gasteiger partial charge in [-0.25, -0.2) is 0 Å². The van der Waals surface area contributed by atoms with E-state index >= 15 is 0 Å². The highest BCUT2D eigenvalue weighted by molar-refractivity contribution is 7.99. The van der Waals surface area contributed by atoms with Crippen LogP contribution in [0.25, 0.3) is 0 Å². The molecule has 0 aromatic carbocycles. The lowest BCUT2D eigenvalue weighted by molar-refractivity contribution is 0.520. The Morgan fingerprint density at radius 3 is 3.00 bits per heavy atom. The van der Waals surface area contributed by atoms with Crippen molar-refractivity contribution in [2.24, 2.45) is 5.92 Å². The van der Waals surface area contributed by atoms with Gasteiger partial charge >= 0.3 is 0 Å². The fourth-order valence-corrected chi connectivity index (χ4v) is 1.49. The summed E-state index contributed by atoms with van der Waals surface area (Å²) in [7, 11) is 0. The zero-order valence-corrected chi connectivity index (χ0v) is 5.33. The van der Waals surface area contributed by atoms with Crippen LogP contribution in [0.2, 0.25) is 0 Å². The maximum Gasteiger partial charge on any atom is 0.203 e. The van der Waals surface area contributed by atoms with Crippen molar-refractivity contribution in [2.75, 3.05) is 18.2 Å². The minimum atomic E-state index is 0.133. The molecule has 0 spiro atoms. The summed E-state index contributed by atoms with van der Waals surface area (Å²) in [6, 6.07) is 0. The van der Waals surface area contributed by atoms with Gasteiger partial charge in [-0.15, -0.1) is 11.8 Å². The first-order chi connectivity index (χ1) is 3.93. The molecule has 0 saturated carbocycles. The van der Waals surface area contributed by atoms with Crippen LogP contribution >= 0.6 is 11.8 Å². The number of hydrogen-bond acceptors (Lipinski definition) is 3. The van der Waals surface area contributed by atoms with Gasteiger partial charge in [-0.1, -0.05) is 0 Å². The highest BCUT2D eigenvalue weighted by Crippen LogP contribution is 2.08. The van der Waals surface area contributed by atoms with Crippen LogP contribution < -0.4 is 5.32 Å². The predicted molar refractivity (Wildman–Crippen MR) is 34.5 cm³/mol. The van der Waals surface area contributed by atoms with Gasteiger partial charge in [0.25, 0.3) is 0 Å². The van der Waals surface area contributed by atoms with E-state index in [1.807, 2.05) is 6.29 Å². The largest absolute Gasteiger partial charge is 0.307 e. The molecule has 0 amide bonds. The van der Waals surface area contributed by atoms with Crippen molar-refractivity contribution < 1.29 is 4.79 Å². The average molecular weight is 130 g/mol. The summed E-state index contributed by atoms with van der Waals surface area (Å²) in [6.45, 7) is 0.816. The summed E-state index contributed by atoms with van der Waals surface area (Å²) in [5.74, 6) is 2.06. The average Bonchev–Trinajstić information content (AvgIpc) is 1.90. The molecule has 1 heterocycles. The topological polar surface area (TPSA) is 29.1 Å². The number of rotatable bonds is 1. The van der Waals surface area contributed by atoms with E-state index in [0.29, 0.717) is 0 Å². The summed E-state index contributed by atoms with van der Waals surface area (Å²) in [6.07, 6.45) is 1.97. The van der Waals surface area contributed by atoms with Gasteiger partial charge in [0.05, 0.1) is 0 Å². The highest BCUT2D eigenvalue weighted by atomic mass is 32.2. The molecular formula is C5H8NOS. The van der Waals surface area contributed by atoms with Gasteiger partial charge < -0.3 is 5.32 Å². The van der Waals surface area contributed by atoms with E-state index in [0.717, 1.165) is 18.2 Å². The third kappa shape index (κ3) is 1.49. The monoisotopic (exact) mass is 130 g/mol. The van der Waals surface area contributed by atoms with Crippen molar-refractivity contribution in [2.45, 2.75) is 0 Å². The van der Waals surface area contributed by atoms with Crippen LogP contribution in [0.15, 0.2) is 0 Å². The molecular weight excluding hydrogens is 122 g/mol. The number of nitrogens with one attached hydrogen (secondary N) is 1. The molecule has 0 aromatic rings. The van der Waals surface area contributed by atoms with E-state index in [9.17, 15) is 4.79 Å². The van der Waals surface area contributed by atoms with Gasteiger partial charge in [0.15, 0.2) is 0 Å². The third-order valence-corrected chi connectivity index (χ3v) is 2.13. The van der Waals surface area contributed by atoms with Gasteiger partial charge in [0, 0.05) is 24.1 Å². The number of hydrogen-bond donors (Lipinski definition) is 1. The van der Waals surface area contributed by atoms with E-state index in [-0.39, 0.29) is 5.92 Å². The first-order valence-electron chi connectivity index (χ1n) is 2.59. The van der Waals surface area contributed by atoms with Crippen molar-refractivity contribution in [1.29, 1.82) is 0 Å². The smallest absolute Gasteiger partial charge is 0.203 e. The van der Waals surface area contributed by atoms with Gasteiger partial charge in [0.2, 0.25) is 6.29 Å². The zero-order chi connectivity index (χ0) is 5.82. The Hall–Kier alpha value is -0.0200. The van der Waals surface area contributed by atoms with Crippen LogP contribution in [0.3, 0.4) is 0 Å². The Kier molecular flexibility index (Phi) is 2.36. The molecule has 0 aromatic heterocycles. The predicted octanol–water partition coefficient (Wildman–Crippen LogP) is 0.00620. The second-order valence-corrected chi connectivity index (χ2v) is 2.81. The summed E-state index contributed by atoms with van der Waals surface area (Å²) >= 11 is 1.75. The standard InChI is InChI=1S/C5H8NOS/c7-2-5-1-6-4-8-3-5/h5-6H,1,3-4H2. The van der Waals surface area contributed by atoms with Gasteiger partial charge in [-0.05, 0) is 0 Å². The maximum atomic E-state index is 9.98. The Balaban J connectivity index is 2.22. The van der Waals surface area contributed by atoms with Crippen molar-refractivity contribution >= 4 is 18.0 Å². The molecule has 1 saturated heterocycles. The van der Waals surface area contributed by atoms with Crippen LogP contribution in [0, 0.1) is 5.92 Å². The van der Waals surface area contributed by atoms with Crippen LogP contribution in [-0.4, -0.2) is 24.5 Å². The zero-order valence-electron chi connectivity index (χ0n) is 4.52. The molecule has 2 nitrogen and oxygen atoms in total. The second kappa shape index (κ2) is 3.10. The molecule has 1 unspecified atom stereocenters. The minimum absolute atomic E-state index is 0.133. The van der Waals surface area contributed by atoms with E-state index in [1.165, 1.54) is 0 Å². The summed E-state index contributed by atoms with van der Waals surface area (Å²) in [5, 5.41) is 3.09. The molecule has 0 bridgehead atoms. The summed E-state index contributed by atoms with van der Waals surface area (Å²) in [4.78, 5) is 9.98. The molecule has 8 heavy (non-hydrogen) atoms. The van der Waals surface area contributed by atoms with Crippen LogP contribution in [0.4, 0.5) is 0 Å². The van der Waals surface area contributed by atoms with E-state index < -0.39 is 0 Å². The Labute approximate surface area is 53.0 Å². The van der Waals surface area contributed by atoms with Crippen LogP contribution in [-0.2, 0) is 4.79 Å². The molecule has 1 rings (SSSR count). The van der Waals surface area contributed by atoms with E-state index in [1.54, 1.807) is 11.8 Å². The molecule has 1 atom stereocenters. The van der Waals surface area contributed by atoms with Gasteiger partial charge in [-0.2, -0.15) is 0 Å². The summed E-state index contributed by atoms with van der Waals surface area (Å²) < 4.78 is 0. The lowest BCUT2D eigenvalue weighted by Gasteiger charge is -2.15. The van der Waals surface area contributed by atoms with Gasteiger partial charge in [0.1, 0.15) is 0 Å². The molecule has 1 aliphatic rings. The highest BCUT2D eigenvalue weighted by Gasteiger charge is 2.11. The molecule has 0 aliphatic carbocycles. The number of carbonyl (C=O) groups excluding carboxylic acids is 1. The Bertz CT molecular complexity index is 80.5. The normalized spacial score (nSPS) is 29.8. The SMILES string of the molecule is O=[C]C1CNCSC1. The quantitative estimate of drug-likeness (QED) is 0.542. The Morgan fingerprint density at radius 2 is 2.62 bits per heavy atom. The van der Waals surface area contributed by atoms with Crippen molar-refractivity contribution in [1.82, 2.24) is 5.32 Å². The maximum absolute atomic E-state index is 9.98. The third-order valence-electron chi connectivity index (χ3n) is 1.08. The van der Waals surface area contributed by atoms with E-state index in [4.69, 9.17) is 0 Å². The summed E-state index contributed by atoms with van der Waals surface area (Å²) in [5.41, 5.74) is 0. The lowest BCUT2D eigenvalue weighted by atomic mass is 10.2. The molecule has 45 valence electrons. The minimum Gasteiger partial charge on any atom is -0.307 e. The molecule has 3 heteroatoms. The fraction of sp³-hybridized carbons (Fsp3) is 0.800. The molecule has 1 aliphatic heterocycles. The fourth-order valence-electron chi connectivity index (χ4n) is 0.641. The van der Waals surface area contributed by atoms with Gasteiger partial charge in [-0.3, -0.25) is 4.79 Å².